The van der Waals surface area contributed by atoms with Gasteiger partial charge in [-0.1, -0.05) is 27.2 Å². The number of hydrogen-bond acceptors (Lipinski definition) is 4. The van der Waals surface area contributed by atoms with Gasteiger partial charge in [-0.15, -0.1) is 0 Å². The molecule has 1 atom stereocenters. The highest BCUT2D eigenvalue weighted by Crippen LogP contribution is 2.17. The zero-order chi connectivity index (χ0) is 14.4. The van der Waals surface area contributed by atoms with Gasteiger partial charge in [-0.05, 0) is 25.5 Å². The SMILES string of the molecule is CCC(C)CN(CC)Cc1cc(C(=O)NN)c(C)o1. The predicted octanol–water partition coefficient (Wildman–Crippen LogP) is 2.06. The molecule has 0 spiro atoms. The van der Waals surface area contributed by atoms with Gasteiger partial charge in [0.05, 0.1) is 12.1 Å². The first kappa shape index (κ1) is 15.7. The number of nitrogens with one attached hydrogen (secondary N) is 1. The van der Waals surface area contributed by atoms with Crippen LogP contribution in [0.25, 0.3) is 0 Å². The van der Waals surface area contributed by atoms with Crippen molar-refractivity contribution in [2.24, 2.45) is 11.8 Å². The number of hydrogen-bond donors (Lipinski definition) is 2. The fourth-order valence-electron chi connectivity index (χ4n) is 2.02. The lowest BCUT2D eigenvalue weighted by Gasteiger charge is -2.22. The van der Waals surface area contributed by atoms with Crippen LogP contribution >= 0.6 is 0 Å². The van der Waals surface area contributed by atoms with Crippen LogP contribution in [-0.2, 0) is 6.54 Å². The maximum absolute atomic E-state index is 11.5. The number of nitrogens with zero attached hydrogens (tertiary/aromatic N) is 1. The van der Waals surface area contributed by atoms with Crippen LogP contribution in [0.15, 0.2) is 10.5 Å². The Hall–Kier alpha value is -1.33. The Kier molecular flexibility index (Phi) is 6.05. The van der Waals surface area contributed by atoms with Crippen molar-refractivity contribution in [3.05, 3.63) is 23.2 Å². The summed E-state index contributed by atoms with van der Waals surface area (Å²) in [6.45, 7) is 11.1. The zero-order valence-corrected chi connectivity index (χ0v) is 12.3. The summed E-state index contributed by atoms with van der Waals surface area (Å²) in [7, 11) is 0. The van der Waals surface area contributed by atoms with Crippen molar-refractivity contribution >= 4 is 5.91 Å². The maximum atomic E-state index is 11.5. The van der Waals surface area contributed by atoms with Gasteiger partial charge in [0.2, 0.25) is 0 Å². The minimum atomic E-state index is -0.308. The van der Waals surface area contributed by atoms with Crippen LogP contribution in [0.5, 0.6) is 0 Å². The van der Waals surface area contributed by atoms with Crippen LogP contribution in [-0.4, -0.2) is 23.9 Å². The molecule has 19 heavy (non-hydrogen) atoms. The maximum Gasteiger partial charge on any atom is 0.268 e. The van der Waals surface area contributed by atoms with Gasteiger partial charge < -0.3 is 4.42 Å². The van der Waals surface area contributed by atoms with Gasteiger partial charge in [0, 0.05) is 6.54 Å². The Labute approximate surface area is 115 Å². The van der Waals surface area contributed by atoms with E-state index in [1.807, 2.05) is 0 Å². The van der Waals surface area contributed by atoms with Gasteiger partial charge >= 0.3 is 0 Å². The van der Waals surface area contributed by atoms with E-state index in [1.165, 1.54) is 0 Å². The first-order valence-electron chi connectivity index (χ1n) is 6.84. The van der Waals surface area contributed by atoms with Gasteiger partial charge in [0.15, 0.2) is 0 Å². The normalized spacial score (nSPS) is 12.7. The quantitative estimate of drug-likeness (QED) is 0.450. The Morgan fingerprint density at radius 3 is 2.74 bits per heavy atom. The molecule has 1 unspecified atom stereocenters. The van der Waals surface area contributed by atoms with Crippen molar-refractivity contribution < 1.29 is 9.21 Å². The van der Waals surface area contributed by atoms with E-state index in [-0.39, 0.29) is 5.91 Å². The molecule has 108 valence electrons. The van der Waals surface area contributed by atoms with Crippen molar-refractivity contribution in [1.29, 1.82) is 0 Å². The number of carbonyl (C=O) groups is 1. The smallest absolute Gasteiger partial charge is 0.268 e. The van der Waals surface area contributed by atoms with Crippen LogP contribution in [0.4, 0.5) is 0 Å². The molecule has 3 N–H and O–H groups in total. The second-order valence-electron chi connectivity index (χ2n) is 5.00. The fourth-order valence-corrected chi connectivity index (χ4v) is 2.02. The predicted molar refractivity (Wildman–Crippen MR) is 75.5 cm³/mol. The molecule has 1 aromatic heterocycles. The number of aryl methyl sites for hydroxylation is 1. The van der Waals surface area contributed by atoms with Gasteiger partial charge in [0.25, 0.3) is 5.91 Å². The van der Waals surface area contributed by atoms with Crippen molar-refractivity contribution in [2.75, 3.05) is 13.1 Å². The minimum Gasteiger partial charge on any atom is -0.464 e. The topological polar surface area (TPSA) is 71.5 Å². The van der Waals surface area contributed by atoms with Crippen molar-refractivity contribution in [3.8, 4) is 0 Å². The largest absolute Gasteiger partial charge is 0.464 e. The molecule has 0 saturated heterocycles. The summed E-state index contributed by atoms with van der Waals surface area (Å²) < 4.78 is 5.63. The van der Waals surface area contributed by atoms with Crippen LogP contribution in [0, 0.1) is 12.8 Å². The average Bonchev–Trinajstić information content (AvgIpc) is 2.77. The van der Waals surface area contributed by atoms with Crippen molar-refractivity contribution in [2.45, 2.75) is 40.7 Å². The molecule has 1 aromatic rings. The van der Waals surface area contributed by atoms with E-state index >= 15 is 0 Å². The highest BCUT2D eigenvalue weighted by Gasteiger charge is 2.16. The summed E-state index contributed by atoms with van der Waals surface area (Å²) in [5.41, 5.74) is 2.64. The van der Waals surface area contributed by atoms with Gasteiger partial charge in [-0.25, -0.2) is 5.84 Å². The number of furan rings is 1. The lowest BCUT2D eigenvalue weighted by Crippen LogP contribution is -2.30. The van der Waals surface area contributed by atoms with Crippen molar-refractivity contribution in [3.63, 3.8) is 0 Å². The van der Waals surface area contributed by atoms with E-state index in [4.69, 9.17) is 10.3 Å². The van der Waals surface area contributed by atoms with Gasteiger partial charge in [-0.2, -0.15) is 0 Å². The molecule has 0 aliphatic rings. The highest BCUT2D eigenvalue weighted by atomic mass is 16.3. The van der Waals surface area contributed by atoms with Crippen LogP contribution in [0.3, 0.4) is 0 Å². The summed E-state index contributed by atoms with van der Waals surface area (Å²) in [5, 5.41) is 0. The van der Waals surface area contributed by atoms with E-state index in [9.17, 15) is 4.79 Å². The third-order valence-electron chi connectivity index (χ3n) is 3.44. The van der Waals surface area contributed by atoms with Crippen LogP contribution in [0.1, 0.15) is 49.1 Å². The molecule has 0 aliphatic carbocycles. The number of nitrogens with two attached hydrogens (primary N) is 1. The van der Waals surface area contributed by atoms with Gasteiger partial charge in [-0.3, -0.25) is 15.1 Å². The average molecular weight is 267 g/mol. The molecule has 0 aliphatic heterocycles. The minimum absolute atomic E-state index is 0.308. The monoisotopic (exact) mass is 267 g/mol. The molecule has 5 nitrogen and oxygen atoms in total. The number of nitrogen functional groups attached to an aromatic ring is 1. The second kappa shape index (κ2) is 7.31. The fraction of sp³-hybridized carbons (Fsp3) is 0.643. The Bertz CT molecular complexity index is 415. The van der Waals surface area contributed by atoms with E-state index in [1.54, 1.807) is 13.0 Å². The third kappa shape index (κ3) is 4.36. The van der Waals surface area contributed by atoms with E-state index in [0.29, 0.717) is 17.2 Å². The van der Waals surface area contributed by atoms with Crippen LogP contribution in [0.2, 0.25) is 0 Å². The van der Waals surface area contributed by atoms with Crippen LogP contribution < -0.4 is 11.3 Å². The molecule has 0 aromatic carbocycles. The Balaban J connectivity index is 2.72. The summed E-state index contributed by atoms with van der Waals surface area (Å²) in [4.78, 5) is 13.8. The molecule has 0 radical (unpaired) electrons. The molecule has 0 bridgehead atoms. The standard InChI is InChI=1S/C14H25N3O2/c1-5-10(3)8-17(6-2)9-12-7-13(11(4)19-12)14(18)16-15/h7,10H,5-6,8-9,15H2,1-4H3,(H,16,18). The molecule has 1 amide bonds. The summed E-state index contributed by atoms with van der Waals surface area (Å²) in [6.07, 6.45) is 1.16. The lowest BCUT2D eigenvalue weighted by molar-refractivity contribution is 0.0952. The Morgan fingerprint density at radius 2 is 2.21 bits per heavy atom. The molecule has 1 heterocycles. The molecular weight excluding hydrogens is 242 g/mol. The number of amides is 1. The number of rotatable bonds is 7. The first-order valence-corrected chi connectivity index (χ1v) is 6.84. The van der Waals surface area contributed by atoms with E-state index in [2.05, 4.69) is 31.1 Å². The highest BCUT2D eigenvalue weighted by molar-refractivity contribution is 5.94. The van der Waals surface area contributed by atoms with Crippen molar-refractivity contribution in [1.82, 2.24) is 10.3 Å². The van der Waals surface area contributed by atoms with Gasteiger partial charge in [0.1, 0.15) is 11.5 Å². The molecule has 0 fully saturated rings. The summed E-state index contributed by atoms with van der Waals surface area (Å²) in [5.74, 6) is 6.90. The van der Waals surface area contributed by atoms with E-state index < -0.39 is 0 Å². The first-order chi connectivity index (χ1) is 9.01. The summed E-state index contributed by atoms with van der Waals surface area (Å²) in [6, 6.07) is 1.77. The van der Waals surface area contributed by atoms with E-state index in [0.717, 1.165) is 31.8 Å². The zero-order valence-electron chi connectivity index (χ0n) is 12.3. The number of hydrazine groups is 1. The molecule has 5 heteroatoms. The molecule has 0 saturated carbocycles. The Morgan fingerprint density at radius 1 is 1.53 bits per heavy atom. The lowest BCUT2D eigenvalue weighted by atomic mass is 10.1. The molecular formula is C14H25N3O2. The molecule has 1 rings (SSSR count). The number of carbonyl (C=O) groups excluding carboxylic acids is 1. The summed E-state index contributed by atoms with van der Waals surface area (Å²) >= 11 is 0. The third-order valence-corrected chi connectivity index (χ3v) is 3.44. The second-order valence-corrected chi connectivity index (χ2v) is 5.00.